The van der Waals surface area contributed by atoms with Gasteiger partial charge in [0.2, 0.25) is 0 Å². The number of nitrogens with two attached hydrogens (primary N) is 1. The molecule has 0 unspecified atom stereocenters. The minimum absolute atomic E-state index is 0.346. The summed E-state index contributed by atoms with van der Waals surface area (Å²) >= 11 is 0. The molecule has 0 fully saturated rings. The molecule has 1 aliphatic heterocycles. The predicted molar refractivity (Wildman–Crippen MR) is 74.2 cm³/mol. The maximum atomic E-state index is 11.8. The number of carbonyl (C=O) groups excluding carboxylic acids is 1. The van der Waals surface area contributed by atoms with Gasteiger partial charge in [-0.05, 0) is 38.0 Å². The monoisotopic (exact) mass is 261 g/mol. The third-order valence-electron chi connectivity index (χ3n) is 3.09. The van der Waals surface area contributed by atoms with Gasteiger partial charge in [0, 0.05) is 0 Å². The summed E-state index contributed by atoms with van der Waals surface area (Å²) < 4.78 is 4.99. The van der Waals surface area contributed by atoms with Gasteiger partial charge in [0.05, 0.1) is 24.4 Å². The van der Waals surface area contributed by atoms with Gasteiger partial charge in [-0.1, -0.05) is 12.1 Å². The molecule has 0 saturated heterocycles. The molecule has 0 aromatic heterocycles. The van der Waals surface area contributed by atoms with Gasteiger partial charge in [0.15, 0.2) is 0 Å². The maximum Gasteiger partial charge on any atom is 0.339 e. The number of benzene rings is 1. The van der Waals surface area contributed by atoms with Crippen LogP contribution in [0.4, 0.5) is 5.69 Å². The summed E-state index contributed by atoms with van der Waals surface area (Å²) in [5.74, 6) is 0.0486. The summed E-state index contributed by atoms with van der Waals surface area (Å²) in [4.78, 5) is 11.8. The first-order valence-corrected chi connectivity index (χ1v) is 6.31. The number of ether oxygens (including phenoxy) is 1. The van der Waals surface area contributed by atoms with Gasteiger partial charge in [-0.2, -0.15) is 0 Å². The van der Waals surface area contributed by atoms with Crippen LogP contribution >= 0.6 is 0 Å². The number of aryl methyl sites for hydroxylation is 2. The van der Waals surface area contributed by atoms with Crippen molar-refractivity contribution in [1.82, 2.24) is 5.43 Å². The van der Waals surface area contributed by atoms with Crippen molar-refractivity contribution in [3.05, 3.63) is 40.7 Å². The molecular formula is C14H19N3O2. The van der Waals surface area contributed by atoms with Gasteiger partial charge in [0.25, 0.3) is 0 Å². The van der Waals surface area contributed by atoms with Crippen LogP contribution < -0.4 is 16.2 Å². The van der Waals surface area contributed by atoms with Crippen molar-refractivity contribution in [3.63, 3.8) is 0 Å². The summed E-state index contributed by atoms with van der Waals surface area (Å²) in [5, 5.41) is 1.74. The highest BCUT2D eigenvalue weighted by Gasteiger charge is 2.27. The van der Waals surface area contributed by atoms with Crippen molar-refractivity contribution in [2.24, 2.45) is 5.73 Å². The Kier molecular flexibility index (Phi) is 3.76. The lowest BCUT2D eigenvalue weighted by atomic mass is 10.1. The first kappa shape index (κ1) is 13.4. The molecule has 5 nitrogen and oxygen atoms in total. The van der Waals surface area contributed by atoms with Gasteiger partial charge in [-0.3, -0.25) is 5.01 Å². The van der Waals surface area contributed by atoms with Gasteiger partial charge in [-0.15, -0.1) is 0 Å². The number of hydrazine groups is 1. The second kappa shape index (κ2) is 5.32. The number of nitrogens with one attached hydrogen (secondary N) is 1. The van der Waals surface area contributed by atoms with Crippen molar-refractivity contribution < 1.29 is 9.53 Å². The topological polar surface area (TPSA) is 67.6 Å². The molecule has 0 amide bonds. The Morgan fingerprint density at radius 2 is 2.21 bits per heavy atom. The van der Waals surface area contributed by atoms with Crippen LogP contribution in [0.15, 0.2) is 29.6 Å². The van der Waals surface area contributed by atoms with E-state index in [9.17, 15) is 4.79 Å². The normalized spacial score (nSPS) is 15.0. The molecule has 0 spiro atoms. The molecule has 0 radical (unpaired) electrons. The summed E-state index contributed by atoms with van der Waals surface area (Å²) in [6.45, 7) is 6.54. The van der Waals surface area contributed by atoms with Crippen molar-refractivity contribution in [2.45, 2.75) is 20.8 Å². The largest absolute Gasteiger partial charge is 0.462 e. The summed E-state index contributed by atoms with van der Waals surface area (Å²) in [6.07, 6.45) is 0. The molecule has 19 heavy (non-hydrogen) atoms. The van der Waals surface area contributed by atoms with Crippen LogP contribution in [-0.2, 0) is 9.53 Å². The zero-order chi connectivity index (χ0) is 14.0. The van der Waals surface area contributed by atoms with E-state index in [0.29, 0.717) is 24.5 Å². The van der Waals surface area contributed by atoms with E-state index in [4.69, 9.17) is 10.5 Å². The molecule has 102 valence electrons. The second-order valence-corrected chi connectivity index (χ2v) is 4.54. The molecular weight excluding hydrogens is 242 g/mol. The van der Waals surface area contributed by atoms with Crippen molar-refractivity contribution in [2.75, 3.05) is 18.2 Å². The highest BCUT2D eigenvalue weighted by molar-refractivity contribution is 5.91. The Hall–Kier alpha value is -2.01. The van der Waals surface area contributed by atoms with E-state index in [2.05, 4.69) is 5.43 Å². The molecule has 0 bridgehead atoms. The minimum Gasteiger partial charge on any atom is -0.462 e. The average Bonchev–Trinajstić information content (AvgIpc) is 2.74. The molecule has 1 heterocycles. The zero-order valence-electron chi connectivity index (χ0n) is 11.5. The Morgan fingerprint density at radius 3 is 2.89 bits per heavy atom. The van der Waals surface area contributed by atoms with Crippen molar-refractivity contribution in [3.8, 4) is 0 Å². The van der Waals surface area contributed by atoms with Gasteiger partial charge in [-0.25, -0.2) is 10.2 Å². The van der Waals surface area contributed by atoms with E-state index < -0.39 is 0 Å². The average molecular weight is 261 g/mol. The van der Waals surface area contributed by atoms with E-state index in [-0.39, 0.29) is 5.97 Å². The van der Waals surface area contributed by atoms with E-state index in [0.717, 1.165) is 16.8 Å². The first-order chi connectivity index (χ1) is 9.04. The third kappa shape index (κ3) is 2.56. The van der Waals surface area contributed by atoms with Crippen LogP contribution in [0.3, 0.4) is 0 Å². The highest BCUT2D eigenvalue weighted by atomic mass is 16.5. The van der Waals surface area contributed by atoms with Crippen molar-refractivity contribution in [1.29, 1.82) is 0 Å². The van der Waals surface area contributed by atoms with Crippen LogP contribution in [0.2, 0.25) is 0 Å². The number of carbonyl (C=O) groups is 1. The van der Waals surface area contributed by atoms with Gasteiger partial charge in [0.1, 0.15) is 5.82 Å². The van der Waals surface area contributed by atoms with Crippen molar-refractivity contribution >= 4 is 11.7 Å². The lowest BCUT2D eigenvalue weighted by Gasteiger charge is -2.22. The molecule has 0 atom stereocenters. The predicted octanol–water partition coefficient (Wildman–Crippen LogP) is 1.36. The number of hydrogen-bond acceptors (Lipinski definition) is 5. The Balaban J connectivity index is 2.33. The fourth-order valence-corrected chi connectivity index (χ4v) is 2.04. The van der Waals surface area contributed by atoms with E-state index in [1.165, 1.54) is 0 Å². The standard InChI is InChI=1S/C14H19N3O2/c1-4-19-14(18)11-8-16-17(13(11)15)12-7-9(2)5-6-10(12)3/h5-7,16H,4,8,15H2,1-3H3. The summed E-state index contributed by atoms with van der Waals surface area (Å²) in [5.41, 5.74) is 12.8. The van der Waals surface area contributed by atoms with E-state index in [1.807, 2.05) is 32.0 Å². The minimum atomic E-state index is -0.361. The fourth-order valence-electron chi connectivity index (χ4n) is 2.04. The van der Waals surface area contributed by atoms with Gasteiger partial charge < -0.3 is 10.5 Å². The molecule has 1 aromatic carbocycles. The highest BCUT2D eigenvalue weighted by Crippen LogP contribution is 2.25. The summed E-state index contributed by atoms with van der Waals surface area (Å²) in [6, 6.07) is 6.10. The fraction of sp³-hybridized carbons (Fsp3) is 0.357. The molecule has 1 aliphatic rings. The first-order valence-electron chi connectivity index (χ1n) is 6.31. The quantitative estimate of drug-likeness (QED) is 0.804. The lowest BCUT2D eigenvalue weighted by Crippen LogP contribution is -2.35. The van der Waals surface area contributed by atoms with Gasteiger partial charge >= 0.3 is 5.97 Å². The second-order valence-electron chi connectivity index (χ2n) is 4.54. The SMILES string of the molecule is CCOC(=O)C1=C(N)N(c2cc(C)ccc2C)NC1. The maximum absolute atomic E-state index is 11.8. The van der Waals surface area contributed by atoms with Crippen LogP contribution in [0.5, 0.6) is 0 Å². The van der Waals surface area contributed by atoms with Crippen LogP contribution in [0.1, 0.15) is 18.1 Å². The Bertz CT molecular complexity index is 537. The zero-order valence-corrected chi connectivity index (χ0v) is 11.5. The molecule has 2 rings (SSSR count). The van der Waals surface area contributed by atoms with Crippen LogP contribution in [0, 0.1) is 13.8 Å². The molecule has 0 saturated carbocycles. The van der Waals surface area contributed by atoms with Crippen LogP contribution in [-0.4, -0.2) is 19.1 Å². The third-order valence-corrected chi connectivity index (χ3v) is 3.09. The number of anilines is 1. The molecule has 5 heteroatoms. The molecule has 3 N–H and O–H groups in total. The number of nitrogens with zero attached hydrogens (tertiary/aromatic N) is 1. The number of hydrogen-bond donors (Lipinski definition) is 2. The summed E-state index contributed by atoms with van der Waals surface area (Å²) in [7, 11) is 0. The lowest BCUT2D eigenvalue weighted by molar-refractivity contribution is -0.138. The van der Waals surface area contributed by atoms with E-state index >= 15 is 0 Å². The number of rotatable bonds is 3. The molecule has 0 aliphatic carbocycles. The Morgan fingerprint density at radius 1 is 1.47 bits per heavy atom. The molecule has 1 aromatic rings. The van der Waals surface area contributed by atoms with Crippen LogP contribution in [0.25, 0.3) is 0 Å². The smallest absolute Gasteiger partial charge is 0.339 e. The van der Waals surface area contributed by atoms with E-state index in [1.54, 1.807) is 11.9 Å². The number of esters is 1. The Labute approximate surface area is 113 Å².